The van der Waals surface area contributed by atoms with Crippen molar-refractivity contribution in [2.75, 3.05) is 6.16 Å². The lowest BCUT2D eigenvalue weighted by Crippen LogP contribution is -2.33. The number of unbranched alkanes of at least 4 members (excludes halogenated alkanes) is 7. The number of rotatable bonds is 14. The van der Waals surface area contributed by atoms with Crippen molar-refractivity contribution in [1.29, 1.82) is 0 Å². The molecule has 0 bridgehead atoms. The number of carbonyl (C=O) groups is 2. The van der Waals surface area contributed by atoms with Crippen LogP contribution in [-0.4, -0.2) is 17.7 Å². The molecule has 3 aromatic rings. The van der Waals surface area contributed by atoms with Crippen LogP contribution in [0.15, 0.2) is 113 Å². The average Bonchev–Trinajstić information content (AvgIpc) is 3.01. The van der Waals surface area contributed by atoms with E-state index in [0.29, 0.717) is 16.7 Å². The second-order valence-corrected chi connectivity index (χ2v) is 14.7. The van der Waals surface area contributed by atoms with Crippen molar-refractivity contribution in [3.8, 4) is 0 Å². The highest BCUT2D eigenvalue weighted by Crippen LogP contribution is 2.56. The first kappa shape index (κ1) is 29.9. The van der Waals surface area contributed by atoms with E-state index in [1.54, 1.807) is 13.8 Å². The van der Waals surface area contributed by atoms with E-state index in [-0.39, 0.29) is 11.6 Å². The minimum atomic E-state index is -1.72. The van der Waals surface area contributed by atoms with E-state index in [4.69, 9.17) is 0 Å². The van der Waals surface area contributed by atoms with Gasteiger partial charge in [0.15, 0.2) is 11.6 Å². The zero-order chi connectivity index (χ0) is 28.4. The predicted octanol–water partition coefficient (Wildman–Crippen LogP) is 8.30. The molecule has 3 aromatic carbocycles. The molecule has 0 unspecified atom stereocenters. The Bertz CT molecular complexity index is 1240. The molecular weight excluding hydrogens is 507 g/mol. The van der Waals surface area contributed by atoms with Crippen LogP contribution in [0.4, 0.5) is 0 Å². The highest BCUT2D eigenvalue weighted by atomic mass is 31.2. The Morgan fingerprint density at radius 2 is 0.825 bits per heavy atom. The van der Waals surface area contributed by atoms with E-state index in [2.05, 4.69) is 91.0 Å². The third-order valence-corrected chi connectivity index (χ3v) is 13.1. The Kier molecular flexibility index (Phi) is 10.8. The highest BCUT2D eigenvalue weighted by molar-refractivity contribution is 7.95. The van der Waals surface area contributed by atoms with Gasteiger partial charge in [0.1, 0.15) is 23.2 Å². The highest BCUT2D eigenvalue weighted by Gasteiger charge is 2.44. The van der Waals surface area contributed by atoms with Gasteiger partial charge < -0.3 is 0 Å². The zero-order valence-corrected chi connectivity index (χ0v) is 25.4. The van der Waals surface area contributed by atoms with Gasteiger partial charge in [-0.15, -0.1) is 0 Å². The Morgan fingerprint density at radius 3 is 1.27 bits per heavy atom. The van der Waals surface area contributed by atoms with Gasteiger partial charge in [0, 0.05) is 22.3 Å². The maximum absolute atomic E-state index is 12.6. The van der Waals surface area contributed by atoms with Crippen molar-refractivity contribution in [3.63, 3.8) is 0 Å². The van der Waals surface area contributed by atoms with Crippen LogP contribution < -0.4 is 15.9 Å². The molecule has 208 valence electrons. The summed E-state index contributed by atoms with van der Waals surface area (Å²) in [5.41, 5.74) is 2.65. The third-order valence-electron chi connectivity index (χ3n) is 8.57. The van der Waals surface area contributed by atoms with Gasteiger partial charge in [-0.25, -0.2) is 0 Å². The fourth-order valence-electron chi connectivity index (χ4n) is 6.05. The monoisotopic (exact) mass is 551 g/mol. The molecule has 0 aliphatic heterocycles. The zero-order valence-electron chi connectivity index (χ0n) is 24.5. The summed E-state index contributed by atoms with van der Waals surface area (Å²) in [6.45, 7) is 5.37. The minimum absolute atomic E-state index is 0.0466. The van der Waals surface area contributed by atoms with Gasteiger partial charge in [-0.1, -0.05) is 86.7 Å². The van der Waals surface area contributed by atoms with Crippen LogP contribution >= 0.6 is 7.26 Å². The largest absolute Gasteiger partial charge is 0.289 e. The first-order valence-electron chi connectivity index (χ1n) is 15.0. The van der Waals surface area contributed by atoms with E-state index < -0.39 is 7.26 Å². The summed E-state index contributed by atoms with van der Waals surface area (Å²) < 4.78 is 0. The van der Waals surface area contributed by atoms with Crippen LogP contribution in [0.3, 0.4) is 0 Å². The van der Waals surface area contributed by atoms with Gasteiger partial charge in [-0.05, 0) is 82.9 Å². The first-order chi connectivity index (χ1) is 19.5. The van der Waals surface area contributed by atoms with E-state index in [1.807, 2.05) is 6.92 Å². The van der Waals surface area contributed by atoms with Crippen molar-refractivity contribution in [2.24, 2.45) is 0 Å². The quantitative estimate of drug-likeness (QED) is 0.115. The molecule has 0 aromatic heterocycles. The minimum Gasteiger partial charge on any atom is -0.289 e. The van der Waals surface area contributed by atoms with Gasteiger partial charge in [0.2, 0.25) is 0 Å². The molecule has 0 heterocycles. The smallest absolute Gasteiger partial charge is 0.185 e. The number of allylic oxidation sites excluding steroid dienone is 4. The van der Waals surface area contributed by atoms with Crippen molar-refractivity contribution in [2.45, 2.75) is 78.6 Å². The summed E-state index contributed by atoms with van der Waals surface area (Å²) in [5.74, 6) is 0.125. The second-order valence-electron chi connectivity index (χ2n) is 11.1. The average molecular weight is 552 g/mol. The van der Waals surface area contributed by atoms with Gasteiger partial charge in [0.05, 0.1) is 6.16 Å². The van der Waals surface area contributed by atoms with Crippen molar-refractivity contribution >= 4 is 34.7 Å². The third kappa shape index (κ3) is 6.79. The normalized spacial score (nSPS) is 14.3. The number of ketones is 2. The van der Waals surface area contributed by atoms with E-state index in [0.717, 1.165) is 24.8 Å². The lowest BCUT2D eigenvalue weighted by atomic mass is 9.84. The Morgan fingerprint density at radius 1 is 0.450 bits per heavy atom. The maximum Gasteiger partial charge on any atom is 0.185 e. The van der Waals surface area contributed by atoms with Crippen LogP contribution in [0.25, 0.3) is 0 Å². The fourth-order valence-corrected chi connectivity index (χ4v) is 10.5. The standard InChI is InChI=1S/C37H44O2P/c1-29-30(2)37(39)35(31(3)36(29)38)27-19-8-6-4-5-7-9-20-28-40(32-21-13-10-14-22-32,33-23-15-11-16-24-33)34-25-17-12-18-26-34/h10-18,21-26H,4-9,19-20,27-28H2,1-3H3/q+1. The lowest BCUT2D eigenvalue weighted by molar-refractivity contribution is -0.116. The second kappa shape index (κ2) is 14.5. The molecule has 0 fully saturated rings. The van der Waals surface area contributed by atoms with E-state index in [9.17, 15) is 9.59 Å². The Labute approximate surface area is 242 Å². The SMILES string of the molecule is CC1=C(C)C(=O)C(CCCCCCCCCC[P+](c2ccccc2)(c2ccccc2)c2ccccc2)=C(C)C1=O. The van der Waals surface area contributed by atoms with E-state index >= 15 is 0 Å². The number of hydrogen-bond donors (Lipinski definition) is 0. The molecule has 0 saturated carbocycles. The number of benzene rings is 3. The molecular formula is C37H44O2P+. The van der Waals surface area contributed by atoms with Crippen molar-refractivity contribution in [1.82, 2.24) is 0 Å². The van der Waals surface area contributed by atoms with E-state index in [1.165, 1.54) is 60.6 Å². The molecule has 3 heteroatoms. The van der Waals surface area contributed by atoms with Gasteiger partial charge >= 0.3 is 0 Å². The van der Waals surface area contributed by atoms with Crippen LogP contribution in [0.1, 0.15) is 78.6 Å². The van der Waals surface area contributed by atoms with Crippen LogP contribution in [0.5, 0.6) is 0 Å². The molecule has 4 rings (SSSR count). The first-order valence-corrected chi connectivity index (χ1v) is 17.0. The lowest BCUT2D eigenvalue weighted by Gasteiger charge is -2.27. The molecule has 1 aliphatic carbocycles. The predicted molar refractivity (Wildman–Crippen MR) is 173 cm³/mol. The molecule has 0 atom stereocenters. The van der Waals surface area contributed by atoms with Crippen molar-refractivity contribution in [3.05, 3.63) is 113 Å². The van der Waals surface area contributed by atoms with Gasteiger partial charge in [-0.2, -0.15) is 0 Å². The summed E-state index contributed by atoms with van der Waals surface area (Å²) in [6, 6.07) is 33.5. The molecule has 1 aliphatic rings. The van der Waals surface area contributed by atoms with Gasteiger partial charge in [0.25, 0.3) is 0 Å². The van der Waals surface area contributed by atoms with Crippen LogP contribution in [0, 0.1) is 0 Å². The fraction of sp³-hybridized carbons (Fsp3) is 0.351. The number of hydrogen-bond acceptors (Lipinski definition) is 2. The van der Waals surface area contributed by atoms with Crippen molar-refractivity contribution < 1.29 is 9.59 Å². The summed E-state index contributed by atoms with van der Waals surface area (Å²) >= 11 is 0. The molecule has 0 saturated heterocycles. The molecule has 0 spiro atoms. The summed E-state index contributed by atoms with van der Waals surface area (Å²) in [4.78, 5) is 25.0. The number of Topliss-reactive ketones (excluding diaryl/α,β-unsaturated/α-hetero) is 2. The molecule has 40 heavy (non-hydrogen) atoms. The van der Waals surface area contributed by atoms with Crippen LogP contribution in [0.2, 0.25) is 0 Å². The molecule has 0 amide bonds. The summed E-state index contributed by atoms with van der Waals surface area (Å²) in [7, 11) is -1.72. The van der Waals surface area contributed by atoms with Gasteiger partial charge in [-0.3, -0.25) is 9.59 Å². The summed E-state index contributed by atoms with van der Waals surface area (Å²) in [5, 5.41) is 4.41. The Balaban J connectivity index is 1.27. The molecule has 0 N–H and O–H groups in total. The number of carbonyl (C=O) groups excluding carboxylic acids is 2. The molecule has 0 radical (unpaired) electrons. The van der Waals surface area contributed by atoms with Crippen LogP contribution in [-0.2, 0) is 9.59 Å². The maximum atomic E-state index is 12.6. The molecule has 2 nitrogen and oxygen atoms in total. The Hall–Kier alpha value is -3.09. The topological polar surface area (TPSA) is 34.1 Å². The summed E-state index contributed by atoms with van der Waals surface area (Å²) in [6.07, 6.45) is 11.4.